The fraction of sp³-hybridized carbons (Fsp3) is 0.200. The Kier molecular flexibility index (Phi) is 4.19. The van der Waals surface area contributed by atoms with Crippen molar-refractivity contribution in [2.75, 3.05) is 18.0 Å². The smallest absolute Gasteiger partial charge is 0.335 e. The lowest BCUT2D eigenvalue weighted by Gasteiger charge is -2.20. The van der Waals surface area contributed by atoms with Crippen LogP contribution in [0.15, 0.2) is 18.3 Å². The van der Waals surface area contributed by atoms with E-state index in [0.29, 0.717) is 0 Å². The largest absolute Gasteiger partial charge is 0.478 e. The van der Waals surface area contributed by atoms with Crippen molar-refractivity contribution in [3.8, 4) is 0 Å². The molecule has 0 bridgehead atoms. The Labute approximate surface area is 102 Å². The van der Waals surface area contributed by atoms with Gasteiger partial charge in [-0.2, -0.15) is 0 Å². The number of anilines is 1. The first-order chi connectivity index (χ1) is 8.40. The molecule has 0 aromatic carbocycles. The van der Waals surface area contributed by atoms with Crippen LogP contribution < -0.4 is 16.4 Å². The molecule has 5 N–H and O–H groups in total. The number of carboxylic acid groups (broad SMARTS) is 1. The van der Waals surface area contributed by atoms with E-state index in [2.05, 4.69) is 4.98 Å². The van der Waals surface area contributed by atoms with Crippen LogP contribution in [0, 0.1) is 0 Å². The van der Waals surface area contributed by atoms with Crippen LogP contribution in [0.2, 0.25) is 0 Å². The Balaban J connectivity index is 3.03. The van der Waals surface area contributed by atoms with Gasteiger partial charge in [-0.1, -0.05) is 0 Å². The van der Waals surface area contributed by atoms with E-state index in [9.17, 15) is 14.4 Å². The van der Waals surface area contributed by atoms with Crippen molar-refractivity contribution < 1.29 is 19.5 Å². The number of carbonyl (C=O) groups excluding carboxylic acids is 2. The number of primary amides is 2. The summed E-state index contributed by atoms with van der Waals surface area (Å²) in [5, 5.41) is 8.83. The van der Waals surface area contributed by atoms with Crippen LogP contribution in [0.5, 0.6) is 0 Å². The van der Waals surface area contributed by atoms with Crippen LogP contribution in [0.25, 0.3) is 0 Å². The molecule has 0 aliphatic carbocycles. The number of pyridine rings is 1. The van der Waals surface area contributed by atoms with Gasteiger partial charge in [0, 0.05) is 6.20 Å². The maximum Gasteiger partial charge on any atom is 0.335 e. The molecule has 0 atom stereocenters. The van der Waals surface area contributed by atoms with Crippen molar-refractivity contribution in [3.05, 3.63) is 23.9 Å². The molecule has 1 aromatic heterocycles. The molecule has 0 radical (unpaired) electrons. The van der Waals surface area contributed by atoms with Gasteiger partial charge in [0.1, 0.15) is 5.82 Å². The number of nitrogens with zero attached hydrogens (tertiary/aromatic N) is 2. The zero-order chi connectivity index (χ0) is 13.7. The molecule has 2 amide bonds. The predicted octanol–water partition coefficient (Wildman–Crippen LogP) is -1.44. The lowest BCUT2D eigenvalue weighted by molar-refractivity contribution is -0.117. The average Bonchev–Trinajstić information content (AvgIpc) is 2.27. The van der Waals surface area contributed by atoms with E-state index in [0.717, 1.165) is 0 Å². The van der Waals surface area contributed by atoms with Crippen molar-refractivity contribution in [2.45, 2.75) is 0 Å². The topological polar surface area (TPSA) is 140 Å². The summed E-state index contributed by atoms with van der Waals surface area (Å²) >= 11 is 0. The van der Waals surface area contributed by atoms with Gasteiger partial charge in [-0.05, 0) is 12.1 Å². The van der Waals surface area contributed by atoms with E-state index in [4.69, 9.17) is 16.6 Å². The highest BCUT2D eigenvalue weighted by atomic mass is 16.4. The van der Waals surface area contributed by atoms with Crippen LogP contribution in [0.4, 0.5) is 5.82 Å². The summed E-state index contributed by atoms with van der Waals surface area (Å²) in [6.45, 7) is -0.558. The van der Waals surface area contributed by atoms with Crippen molar-refractivity contribution in [1.82, 2.24) is 4.98 Å². The summed E-state index contributed by atoms with van der Waals surface area (Å²) in [5.74, 6) is -2.36. The number of amides is 2. The van der Waals surface area contributed by atoms with Crippen LogP contribution >= 0.6 is 0 Å². The molecule has 0 fully saturated rings. The highest BCUT2D eigenvalue weighted by Gasteiger charge is 2.15. The minimum absolute atomic E-state index is 0.0149. The van der Waals surface area contributed by atoms with Gasteiger partial charge < -0.3 is 21.5 Å². The molecule has 8 heteroatoms. The second-order valence-electron chi connectivity index (χ2n) is 3.50. The van der Waals surface area contributed by atoms with Gasteiger partial charge in [0.15, 0.2) is 0 Å². The third-order valence-electron chi connectivity index (χ3n) is 2.01. The quantitative estimate of drug-likeness (QED) is 0.566. The van der Waals surface area contributed by atoms with E-state index in [1.807, 2.05) is 0 Å². The molecular weight excluding hydrogens is 240 g/mol. The van der Waals surface area contributed by atoms with Gasteiger partial charge >= 0.3 is 5.97 Å². The van der Waals surface area contributed by atoms with Crippen molar-refractivity contribution >= 4 is 23.6 Å². The molecule has 1 rings (SSSR count). The number of hydrogen-bond donors (Lipinski definition) is 3. The number of nitrogens with two attached hydrogens (primary N) is 2. The molecule has 8 nitrogen and oxygen atoms in total. The van der Waals surface area contributed by atoms with Gasteiger partial charge in [-0.25, -0.2) is 9.78 Å². The standard InChI is InChI=1S/C10H12N4O4/c11-7(15)4-14(5-8(12)16)9-3-6(10(17)18)1-2-13-9/h1-3H,4-5H2,(H2,11,15)(H2,12,16)(H,17,18). The van der Waals surface area contributed by atoms with E-state index in [1.54, 1.807) is 0 Å². The fourth-order valence-corrected chi connectivity index (χ4v) is 1.32. The van der Waals surface area contributed by atoms with Crippen molar-refractivity contribution in [1.29, 1.82) is 0 Å². The van der Waals surface area contributed by atoms with Gasteiger partial charge in [-0.3, -0.25) is 9.59 Å². The summed E-state index contributed by atoms with van der Waals surface area (Å²) in [7, 11) is 0. The lowest BCUT2D eigenvalue weighted by Crippen LogP contribution is -2.40. The normalized spacial score (nSPS) is 9.78. The molecular formula is C10H12N4O4. The van der Waals surface area contributed by atoms with Gasteiger partial charge in [-0.15, -0.1) is 0 Å². The number of rotatable bonds is 6. The fourth-order valence-electron chi connectivity index (χ4n) is 1.32. The van der Waals surface area contributed by atoms with E-state index >= 15 is 0 Å². The molecule has 0 saturated carbocycles. The van der Waals surface area contributed by atoms with Gasteiger partial charge in [0.25, 0.3) is 0 Å². The molecule has 0 aliphatic heterocycles. The minimum atomic E-state index is -1.14. The number of aromatic carboxylic acids is 1. The maximum absolute atomic E-state index is 10.9. The predicted molar refractivity (Wildman–Crippen MR) is 61.8 cm³/mol. The third-order valence-corrected chi connectivity index (χ3v) is 2.01. The maximum atomic E-state index is 10.9. The molecule has 0 aliphatic rings. The number of aromatic nitrogens is 1. The van der Waals surface area contributed by atoms with Gasteiger partial charge in [0.2, 0.25) is 11.8 Å². The van der Waals surface area contributed by atoms with Gasteiger partial charge in [0.05, 0.1) is 18.7 Å². The molecule has 0 spiro atoms. The molecule has 1 aromatic rings. The average molecular weight is 252 g/mol. The SMILES string of the molecule is NC(=O)CN(CC(N)=O)c1cc(C(=O)O)ccn1. The summed E-state index contributed by atoms with van der Waals surface area (Å²) in [6.07, 6.45) is 1.26. The number of carbonyl (C=O) groups is 3. The first-order valence-corrected chi connectivity index (χ1v) is 4.91. The summed E-state index contributed by atoms with van der Waals surface area (Å²) in [4.78, 5) is 37.6. The monoisotopic (exact) mass is 252 g/mol. The second kappa shape index (κ2) is 5.62. The molecule has 1 heterocycles. The summed E-state index contributed by atoms with van der Waals surface area (Å²) in [6, 6.07) is 2.52. The highest BCUT2D eigenvalue weighted by molar-refractivity contribution is 5.89. The number of carboxylic acids is 1. The first kappa shape index (κ1) is 13.4. The zero-order valence-corrected chi connectivity index (χ0v) is 9.37. The first-order valence-electron chi connectivity index (χ1n) is 4.91. The van der Waals surface area contributed by atoms with Crippen LogP contribution in [0.3, 0.4) is 0 Å². The van der Waals surface area contributed by atoms with E-state index in [1.165, 1.54) is 23.2 Å². The van der Waals surface area contributed by atoms with Crippen LogP contribution in [0.1, 0.15) is 10.4 Å². The Bertz CT molecular complexity index is 473. The van der Waals surface area contributed by atoms with Crippen LogP contribution in [-0.4, -0.2) is 41.0 Å². The van der Waals surface area contributed by atoms with Crippen LogP contribution in [-0.2, 0) is 9.59 Å². The Morgan fingerprint density at radius 3 is 2.22 bits per heavy atom. The van der Waals surface area contributed by atoms with E-state index < -0.39 is 17.8 Å². The zero-order valence-electron chi connectivity index (χ0n) is 9.37. The highest BCUT2D eigenvalue weighted by Crippen LogP contribution is 2.12. The van der Waals surface area contributed by atoms with E-state index in [-0.39, 0.29) is 24.5 Å². The van der Waals surface area contributed by atoms with Crippen molar-refractivity contribution in [2.24, 2.45) is 11.5 Å². The molecule has 0 unspecified atom stereocenters. The second-order valence-corrected chi connectivity index (χ2v) is 3.50. The lowest BCUT2D eigenvalue weighted by atomic mass is 10.2. The Morgan fingerprint density at radius 2 is 1.78 bits per heavy atom. The van der Waals surface area contributed by atoms with Crippen molar-refractivity contribution in [3.63, 3.8) is 0 Å². The number of hydrogen-bond acceptors (Lipinski definition) is 5. The Morgan fingerprint density at radius 1 is 1.22 bits per heavy atom. The molecule has 0 saturated heterocycles. The summed E-state index contributed by atoms with van der Waals surface area (Å²) < 4.78 is 0. The Hall–Kier alpha value is -2.64. The summed E-state index contributed by atoms with van der Waals surface area (Å²) in [5.41, 5.74) is 10.0. The minimum Gasteiger partial charge on any atom is -0.478 e. The third kappa shape index (κ3) is 3.74. The molecule has 18 heavy (non-hydrogen) atoms. The molecule has 96 valence electrons.